The molecule has 1 heterocycles. The number of likely N-dealkylation sites (N-methyl/N-ethyl adjacent to an activating group) is 1. The van der Waals surface area contributed by atoms with Gasteiger partial charge in [0.15, 0.2) is 0 Å². The number of carbonyl (C=O) groups is 1. The normalized spacial score (nSPS) is 18.6. The van der Waals surface area contributed by atoms with E-state index in [0.29, 0.717) is 18.3 Å². The molecule has 0 aliphatic carbocycles. The zero-order valence-electron chi connectivity index (χ0n) is 13.1. The van der Waals surface area contributed by atoms with Crippen LogP contribution >= 0.6 is 0 Å². The number of amides is 1. The van der Waals surface area contributed by atoms with E-state index in [0.717, 1.165) is 30.8 Å². The number of ether oxygens (including phenoxy) is 1. The second kappa shape index (κ2) is 7.43. The molecule has 1 aliphatic rings. The van der Waals surface area contributed by atoms with Gasteiger partial charge in [-0.15, -0.1) is 0 Å². The third-order valence-electron chi connectivity index (χ3n) is 3.92. The van der Waals surface area contributed by atoms with E-state index in [2.05, 4.69) is 15.5 Å². The highest BCUT2D eigenvalue weighted by molar-refractivity contribution is 5.93. The fraction of sp³-hybridized carbons (Fsp3) is 0.562. The Morgan fingerprint density at radius 3 is 3.00 bits per heavy atom. The van der Waals surface area contributed by atoms with Gasteiger partial charge in [0.1, 0.15) is 5.75 Å². The first-order valence-electron chi connectivity index (χ1n) is 7.45. The molecule has 1 amide bonds. The van der Waals surface area contributed by atoms with Gasteiger partial charge < -0.3 is 15.4 Å². The van der Waals surface area contributed by atoms with Crippen molar-refractivity contribution in [3.8, 4) is 5.75 Å². The van der Waals surface area contributed by atoms with Crippen molar-refractivity contribution in [1.29, 1.82) is 0 Å². The third kappa shape index (κ3) is 4.44. The van der Waals surface area contributed by atoms with Gasteiger partial charge in [-0.25, -0.2) is 0 Å². The number of nitrogens with zero attached hydrogens (tertiary/aromatic N) is 1. The molecule has 1 aromatic carbocycles. The minimum Gasteiger partial charge on any atom is -0.495 e. The summed E-state index contributed by atoms with van der Waals surface area (Å²) in [6.07, 6.45) is 2.31. The van der Waals surface area contributed by atoms with Crippen molar-refractivity contribution in [2.24, 2.45) is 0 Å². The number of carbonyl (C=O) groups excluding carboxylic acids is 1. The molecule has 0 saturated carbocycles. The molecule has 0 aromatic heterocycles. The molecule has 21 heavy (non-hydrogen) atoms. The topological polar surface area (TPSA) is 53.6 Å². The first kappa shape index (κ1) is 15.8. The molecule has 2 rings (SSSR count). The maximum Gasteiger partial charge on any atom is 0.238 e. The second-order valence-corrected chi connectivity index (χ2v) is 5.67. The molecule has 1 saturated heterocycles. The number of piperidine rings is 1. The Hall–Kier alpha value is -1.59. The molecule has 0 bridgehead atoms. The Bertz CT molecular complexity index is 484. The number of rotatable bonds is 5. The lowest BCUT2D eigenvalue weighted by molar-refractivity contribution is -0.117. The maximum atomic E-state index is 12.2. The maximum absolute atomic E-state index is 12.2. The SMILES string of the molecule is COc1ccc(C)cc1NC(=O)CN(C)C1CCCNC1. The van der Waals surface area contributed by atoms with Gasteiger partial charge in [-0.2, -0.15) is 0 Å². The summed E-state index contributed by atoms with van der Waals surface area (Å²) in [4.78, 5) is 14.3. The minimum absolute atomic E-state index is 0.00743. The van der Waals surface area contributed by atoms with Crippen molar-refractivity contribution in [2.75, 3.05) is 39.1 Å². The molecule has 1 fully saturated rings. The van der Waals surface area contributed by atoms with Crippen LogP contribution in [0.3, 0.4) is 0 Å². The summed E-state index contributed by atoms with van der Waals surface area (Å²) in [5.41, 5.74) is 1.83. The fourth-order valence-electron chi connectivity index (χ4n) is 2.67. The number of benzene rings is 1. The van der Waals surface area contributed by atoms with E-state index in [1.165, 1.54) is 6.42 Å². The monoisotopic (exact) mass is 291 g/mol. The molecule has 1 aliphatic heterocycles. The summed E-state index contributed by atoms with van der Waals surface area (Å²) in [5, 5.41) is 6.32. The quantitative estimate of drug-likeness (QED) is 0.866. The third-order valence-corrected chi connectivity index (χ3v) is 3.92. The molecule has 1 aromatic rings. The highest BCUT2D eigenvalue weighted by atomic mass is 16.5. The van der Waals surface area contributed by atoms with Gasteiger partial charge >= 0.3 is 0 Å². The van der Waals surface area contributed by atoms with Crippen molar-refractivity contribution in [3.05, 3.63) is 23.8 Å². The van der Waals surface area contributed by atoms with Gasteiger partial charge in [0.05, 0.1) is 19.3 Å². The van der Waals surface area contributed by atoms with Crippen LogP contribution in [0.25, 0.3) is 0 Å². The minimum atomic E-state index is -0.00743. The first-order chi connectivity index (χ1) is 10.1. The van der Waals surface area contributed by atoms with E-state index in [-0.39, 0.29) is 5.91 Å². The van der Waals surface area contributed by atoms with E-state index in [1.807, 2.05) is 32.2 Å². The van der Waals surface area contributed by atoms with Crippen LogP contribution in [0.2, 0.25) is 0 Å². The van der Waals surface area contributed by atoms with Gasteiger partial charge in [-0.3, -0.25) is 9.69 Å². The van der Waals surface area contributed by atoms with Gasteiger partial charge in [0, 0.05) is 12.6 Å². The van der Waals surface area contributed by atoms with Gasteiger partial charge in [0.25, 0.3) is 0 Å². The van der Waals surface area contributed by atoms with Crippen LogP contribution in [0.5, 0.6) is 5.75 Å². The zero-order chi connectivity index (χ0) is 15.2. The van der Waals surface area contributed by atoms with E-state index in [4.69, 9.17) is 4.74 Å². The van der Waals surface area contributed by atoms with Gasteiger partial charge in [-0.05, 0) is 51.1 Å². The molecule has 1 atom stereocenters. The predicted molar refractivity (Wildman–Crippen MR) is 84.9 cm³/mol. The summed E-state index contributed by atoms with van der Waals surface area (Å²) in [6, 6.07) is 6.20. The van der Waals surface area contributed by atoms with Crippen LogP contribution in [-0.4, -0.2) is 50.6 Å². The standard InChI is InChI=1S/C16H25N3O2/c1-12-6-7-15(21-3)14(9-12)18-16(20)11-19(2)13-5-4-8-17-10-13/h6-7,9,13,17H,4-5,8,10-11H2,1-3H3,(H,18,20). The van der Waals surface area contributed by atoms with E-state index in [9.17, 15) is 4.79 Å². The summed E-state index contributed by atoms with van der Waals surface area (Å²) in [6.45, 7) is 4.42. The summed E-state index contributed by atoms with van der Waals surface area (Å²) >= 11 is 0. The smallest absolute Gasteiger partial charge is 0.238 e. The summed E-state index contributed by atoms with van der Waals surface area (Å²) in [7, 11) is 3.62. The largest absolute Gasteiger partial charge is 0.495 e. The zero-order valence-corrected chi connectivity index (χ0v) is 13.1. The van der Waals surface area contributed by atoms with Crippen LogP contribution in [0, 0.1) is 6.92 Å². The fourth-order valence-corrected chi connectivity index (χ4v) is 2.67. The highest BCUT2D eigenvalue weighted by Crippen LogP contribution is 2.25. The van der Waals surface area contributed by atoms with Crippen molar-refractivity contribution >= 4 is 11.6 Å². The number of hydrogen-bond donors (Lipinski definition) is 2. The molecular weight excluding hydrogens is 266 g/mol. The Morgan fingerprint density at radius 2 is 2.33 bits per heavy atom. The van der Waals surface area contributed by atoms with Crippen LogP contribution in [0.4, 0.5) is 5.69 Å². The first-order valence-corrected chi connectivity index (χ1v) is 7.45. The Morgan fingerprint density at radius 1 is 1.52 bits per heavy atom. The van der Waals surface area contributed by atoms with Crippen molar-refractivity contribution in [1.82, 2.24) is 10.2 Å². The molecule has 116 valence electrons. The summed E-state index contributed by atoms with van der Waals surface area (Å²) < 4.78 is 5.28. The molecule has 1 unspecified atom stereocenters. The van der Waals surface area contributed by atoms with Gasteiger partial charge in [-0.1, -0.05) is 6.07 Å². The Kier molecular flexibility index (Phi) is 5.59. The van der Waals surface area contributed by atoms with Crippen molar-refractivity contribution in [2.45, 2.75) is 25.8 Å². The molecular formula is C16H25N3O2. The second-order valence-electron chi connectivity index (χ2n) is 5.67. The molecule has 5 heteroatoms. The molecule has 0 radical (unpaired) electrons. The van der Waals surface area contributed by atoms with Crippen LogP contribution in [0.15, 0.2) is 18.2 Å². The van der Waals surface area contributed by atoms with E-state index < -0.39 is 0 Å². The lowest BCUT2D eigenvalue weighted by atomic mass is 10.1. The van der Waals surface area contributed by atoms with Crippen molar-refractivity contribution < 1.29 is 9.53 Å². The van der Waals surface area contributed by atoms with Gasteiger partial charge in [0.2, 0.25) is 5.91 Å². The lowest BCUT2D eigenvalue weighted by Gasteiger charge is -2.31. The van der Waals surface area contributed by atoms with Crippen LogP contribution < -0.4 is 15.4 Å². The number of anilines is 1. The number of nitrogens with one attached hydrogen (secondary N) is 2. The summed E-state index contributed by atoms with van der Waals surface area (Å²) in [5.74, 6) is 0.683. The van der Waals surface area contributed by atoms with E-state index >= 15 is 0 Å². The highest BCUT2D eigenvalue weighted by Gasteiger charge is 2.20. The van der Waals surface area contributed by atoms with Crippen LogP contribution in [-0.2, 0) is 4.79 Å². The number of methoxy groups -OCH3 is 1. The average Bonchev–Trinajstić information content (AvgIpc) is 2.48. The molecule has 2 N–H and O–H groups in total. The average molecular weight is 291 g/mol. The lowest BCUT2D eigenvalue weighted by Crippen LogP contribution is -2.46. The molecule has 0 spiro atoms. The molecule has 5 nitrogen and oxygen atoms in total. The number of hydrogen-bond acceptors (Lipinski definition) is 4. The Balaban J connectivity index is 1.93. The van der Waals surface area contributed by atoms with E-state index in [1.54, 1.807) is 7.11 Å². The van der Waals surface area contributed by atoms with Crippen LogP contribution in [0.1, 0.15) is 18.4 Å². The predicted octanol–water partition coefficient (Wildman–Crippen LogP) is 1.63. The van der Waals surface area contributed by atoms with Crippen molar-refractivity contribution in [3.63, 3.8) is 0 Å². The Labute approximate surface area is 126 Å². The number of aryl methyl sites for hydroxylation is 1.